The van der Waals surface area contributed by atoms with Gasteiger partial charge in [-0.2, -0.15) is 0 Å². The van der Waals surface area contributed by atoms with Crippen molar-refractivity contribution in [3.63, 3.8) is 0 Å². The first-order valence-electron chi connectivity index (χ1n) is 5.54. The Morgan fingerprint density at radius 2 is 2.10 bits per heavy atom. The number of aromatic nitrogens is 1. The molecular formula is C13H9BrN2O4. The molecule has 0 bridgehead atoms. The van der Waals surface area contributed by atoms with Crippen molar-refractivity contribution >= 4 is 27.9 Å². The number of nitrogens with zero attached hydrogens (tertiary/aromatic N) is 2. The van der Waals surface area contributed by atoms with Crippen LogP contribution >= 0.6 is 15.9 Å². The maximum Gasteiger partial charge on any atom is 0.312 e. The van der Waals surface area contributed by atoms with Gasteiger partial charge in [-0.25, -0.2) is 0 Å². The van der Waals surface area contributed by atoms with Gasteiger partial charge in [0, 0.05) is 22.3 Å². The molecule has 0 N–H and O–H groups in total. The minimum absolute atomic E-state index is 0.128. The molecule has 0 saturated carbocycles. The second-order valence-corrected chi connectivity index (χ2v) is 4.92. The van der Waals surface area contributed by atoms with Gasteiger partial charge in [0.25, 0.3) is 0 Å². The highest BCUT2D eigenvalue weighted by Crippen LogP contribution is 2.37. The van der Waals surface area contributed by atoms with E-state index in [0.717, 1.165) is 0 Å². The topological polar surface area (TPSA) is 82.3 Å². The SMILES string of the molecule is Cc1cc(Br)cc([N+](=O)[O-])c1Oc1cncc(C=O)c1. The molecule has 0 amide bonds. The summed E-state index contributed by atoms with van der Waals surface area (Å²) in [5, 5.41) is 11.1. The van der Waals surface area contributed by atoms with Crippen molar-refractivity contribution in [1.82, 2.24) is 4.98 Å². The van der Waals surface area contributed by atoms with E-state index in [9.17, 15) is 14.9 Å². The zero-order valence-electron chi connectivity index (χ0n) is 10.4. The number of rotatable bonds is 4. The summed E-state index contributed by atoms with van der Waals surface area (Å²) in [6.45, 7) is 1.70. The van der Waals surface area contributed by atoms with E-state index in [1.807, 2.05) is 0 Å². The number of nitro benzene ring substituents is 1. The normalized spacial score (nSPS) is 10.1. The third-order valence-corrected chi connectivity index (χ3v) is 2.96. The number of hydrogen-bond donors (Lipinski definition) is 0. The Balaban J connectivity index is 2.47. The molecule has 0 spiro atoms. The average molecular weight is 337 g/mol. The smallest absolute Gasteiger partial charge is 0.312 e. The summed E-state index contributed by atoms with van der Waals surface area (Å²) in [6, 6.07) is 4.53. The lowest BCUT2D eigenvalue weighted by Gasteiger charge is -2.09. The molecule has 0 fully saturated rings. The van der Waals surface area contributed by atoms with Gasteiger partial charge in [-0.15, -0.1) is 0 Å². The summed E-state index contributed by atoms with van der Waals surface area (Å²) in [5.41, 5.74) is 0.774. The predicted molar refractivity (Wildman–Crippen MR) is 75.2 cm³/mol. The maximum atomic E-state index is 11.1. The number of aldehydes is 1. The van der Waals surface area contributed by atoms with Crippen LogP contribution in [0.5, 0.6) is 11.5 Å². The van der Waals surface area contributed by atoms with Gasteiger partial charge >= 0.3 is 5.69 Å². The monoisotopic (exact) mass is 336 g/mol. The number of nitro groups is 1. The van der Waals surface area contributed by atoms with E-state index in [4.69, 9.17) is 4.74 Å². The number of ether oxygens (including phenoxy) is 1. The molecule has 1 heterocycles. The summed E-state index contributed by atoms with van der Waals surface area (Å²) in [6.07, 6.45) is 3.39. The minimum Gasteiger partial charge on any atom is -0.448 e. The van der Waals surface area contributed by atoms with Crippen LogP contribution < -0.4 is 4.74 Å². The second kappa shape index (κ2) is 5.79. The van der Waals surface area contributed by atoms with Gasteiger partial charge in [0.15, 0.2) is 6.29 Å². The van der Waals surface area contributed by atoms with Crippen molar-refractivity contribution in [2.24, 2.45) is 0 Å². The van der Waals surface area contributed by atoms with Crippen LogP contribution in [0.1, 0.15) is 15.9 Å². The molecule has 2 rings (SSSR count). The molecule has 102 valence electrons. The molecule has 0 aliphatic rings. The molecule has 6 nitrogen and oxygen atoms in total. The first-order chi connectivity index (χ1) is 9.51. The Kier molecular flexibility index (Phi) is 4.09. The fraction of sp³-hybridized carbons (Fsp3) is 0.0769. The van der Waals surface area contributed by atoms with Gasteiger partial charge in [0.05, 0.1) is 11.1 Å². The Morgan fingerprint density at radius 3 is 2.75 bits per heavy atom. The third kappa shape index (κ3) is 3.00. The number of benzene rings is 1. The Morgan fingerprint density at radius 1 is 1.35 bits per heavy atom. The predicted octanol–water partition coefficient (Wildman–Crippen LogP) is 3.67. The molecule has 0 saturated heterocycles. The molecule has 0 atom stereocenters. The van der Waals surface area contributed by atoms with Crippen molar-refractivity contribution in [2.45, 2.75) is 6.92 Å². The third-order valence-electron chi connectivity index (χ3n) is 2.51. The summed E-state index contributed by atoms with van der Waals surface area (Å²) in [5.74, 6) is 0.395. The van der Waals surface area contributed by atoms with E-state index in [1.165, 1.54) is 24.5 Å². The maximum absolute atomic E-state index is 11.1. The molecule has 0 radical (unpaired) electrons. The lowest BCUT2D eigenvalue weighted by atomic mass is 10.2. The first kappa shape index (κ1) is 14.1. The van der Waals surface area contributed by atoms with E-state index in [0.29, 0.717) is 21.9 Å². The number of pyridine rings is 1. The van der Waals surface area contributed by atoms with E-state index < -0.39 is 4.92 Å². The van der Waals surface area contributed by atoms with Crippen LogP contribution in [0.3, 0.4) is 0 Å². The fourth-order valence-corrected chi connectivity index (χ4v) is 2.21. The van der Waals surface area contributed by atoms with Gasteiger partial charge in [0.1, 0.15) is 5.75 Å². The summed E-state index contributed by atoms with van der Waals surface area (Å²) in [4.78, 5) is 25.1. The van der Waals surface area contributed by atoms with E-state index >= 15 is 0 Å². The summed E-state index contributed by atoms with van der Waals surface area (Å²) < 4.78 is 6.11. The number of aryl methyl sites for hydroxylation is 1. The Bertz CT molecular complexity index is 688. The molecular weight excluding hydrogens is 328 g/mol. The van der Waals surface area contributed by atoms with E-state index in [-0.39, 0.29) is 17.2 Å². The highest BCUT2D eigenvalue weighted by atomic mass is 79.9. The van der Waals surface area contributed by atoms with Gasteiger partial charge < -0.3 is 4.74 Å². The quantitative estimate of drug-likeness (QED) is 0.483. The largest absolute Gasteiger partial charge is 0.448 e. The standard InChI is InChI=1S/C13H9BrN2O4/c1-8-2-10(14)4-12(16(18)19)13(8)20-11-3-9(7-17)5-15-6-11/h2-7H,1H3. The molecule has 20 heavy (non-hydrogen) atoms. The number of carbonyl (C=O) groups excluding carboxylic acids is 1. The van der Waals surface area contributed by atoms with Gasteiger partial charge in [-0.05, 0) is 24.6 Å². The number of halogens is 1. The van der Waals surface area contributed by atoms with Crippen LogP contribution in [-0.4, -0.2) is 16.2 Å². The summed E-state index contributed by atoms with van der Waals surface area (Å²) in [7, 11) is 0. The van der Waals surface area contributed by atoms with Gasteiger partial charge in [-0.3, -0.25) is 19.9 Å². The van der Waals surface area contributed by atoms with Crippen molar-refractivity contribution in [3.05, 3.63) is 56.3 Å². The molecule has 0 aliphatic carbocycles. The number of hydrogen-bond acceptors (Lipinski definition) is 5. The van der Waals surface area contributed by atoms with Crippen LogP contribution in [0.4, 0.5) is 5.69 Å². The molecule has 1 aromatic carbocycles. The van der Waals surface area contributed by atoms with Crippen LogP contribution in [0, 0.1) is 17.0 Å². The van der Waals surface area contributed by atoms with E-state index in [2.05, 4.69) is 20.9 Å². The van der Waals surface area contributed by atoms with E-state index in [1.54, 1.807) is 13.0 Å². The highest BCUT2D eigenvalue weighted by Gasteiger charge is 2.19. The molecule has 0 unspecified atom stereocenters. The van der Waals surface area contributed by atoms with Gasteiger partial charge in [0.2, 0.25) is 5.75 Å². The molecule has 0 aliphatic heterocycles. The lowest BCUT2D eigenvalue weighted by molar-refractivity contribution is -0.385. The van der Waals surface area contributed by atoms with Crippen LogP contribution in [0.2, 0.25) is 0 Å². The lowest BCUT2D eigenvalue weighted by Crippen LogP contribution is -1.97. The molecule has 2 aromatic rings. The fourth-order valence-electron chi connectivity index (χ4n) is 1.65. The zero-order chi connectivity index (χ0) is 14.7. The Hall–Kier alpha value is -2.28. The van der Waals surface area contributed by atoms with Crippen molar-refractivity contribution < 1.29 is 14.5 Å². The Labute approximate surface area is 122 Å². The highest BCUT2D eigenvalue weighted by molar-refractivity contribution is 9.10. The molecule has 1 aromatic heterocycles. The summed E-state index contributed by atoms with van der Waals surface area (Å²) >= 11 is 3.21. The van der Waals surface area contributed by atoms with Crippen molar-refractivity contribution in [2.75, 3.05) is 0 Å². The van der Waals surface area contributed by atoms with Gasteiger partial charge in [-0.1, -0.05) is 15.9 Å². The van der Waals surface area contributed by atoms with Crippen LogP contribution in [0.15, 0.2) is 35.1 Å². The van der Waals surface area contributed by atoms with Crippen molar-refractivity contribution in [1.29, 1.82) is 0 Å². The zero-order valence-corrected chi connectivity index (χ0v) is 12.0. The average Bonchev–Trinajstić information content (AvgIpc) is 2.41. The number of carbonyl (C=O) groups is 1. The molecule has 7 heteroatoms. The van der Waals surface area contributed by atoms with Crippen LogP contribution in [0.25, 0.3) is 0 Å². The first-order valence-corrected chi connectivity index (χ1v) is 6.33. The van der Waals surface area contributed by atoms with Crippen LogP contribution in [-0.2, 0) is 0 Å². The van der Waals surface area contributed by atoms with Crippen molar-refractivity contribution in [3.8, 4) is 11.5 Å². The minimum atomic E-state index is -0.524. The second-order valence-electron chi connectivity index (χ2n) is 4.00.